The third-order valence-corrected chi connectivity index (χ3v) is 10.9. The van der Waals surface area contributed by atoms with Crippen LogP contribution in [0.2, 0.25) is 0 Å². The number of allylic oxidation sites excluding steroid dienone is 6. The normalized spacial score (nSPS) is 22.2. The quantitative estimate of drug-likeness (QED) is 0.234. The molecule has 4 aliphatic rings. The Kier molecular flexibility index (Phi) is 5.11. The summed E-state index contributed by atoms with van der Waals surface area (Å²) in [7, 11) is 0. The molecule has 0 heterocycles. The van der Waals surface area contributed by atoms with Crippen molar-refractivity contribution >= 4 is 21.9 Å². The summed E-state index contributed by atoms with van der Waals surface area (Å²) in [6.45, 7) is 19.1. The maximum atomic E-state index is 2.60. The van der Waals surface area contributed by atoms with Gasteiger partial charge in [-0.2, -0.15) is 0 Å². The SMILES string of the molecule is CC1=CC2(CC(C)=C1)c1ccc3c(c1-c1ccc4cc(CC(C)C)ccc4c12)C(C)(C)C1=C3C(C)(C)c2ccccc21. The molecule has 0 radical (unpaired) electrons. The lowest BCUT2D eigenvalue weighted by Gasteiger charge is -2.35. The summed E-state index contributed by atoms with van der Waals surface area (Å²) in [4.78, 5) is 0. The first-order valence-corrected chi connectivity index (χ1v) is 15.9. The van der Waals surface area contributed by atoms with Crippen molar-refractivity contribution in [1.29, 1.82) is 0 Å². The fourth-order valence-electron chi connectivity index (χ4n) is 9.68. The molecule has 8 rings (SSSR count). The van der Waals surface area contributed by atoms with Gasteiger partial charge in [0, 0.05) is 16.2 Å². The lowest BCUT2D eigenvalue weighted by molar-refractivity contribution is 0.638. The molecular weight excluding hydrogens is 504 g/mol. The number of benzene rings is 4. The van der Waals surface area contributed by atoms with Crippen LogP contribution in [-0.2, 0) is 22.7 Å². The molecule has 0 aromatic heterocycles. The molecular formula is C42H42. The van der Waals surface area contributed by atoms with Gasteiger partial charge in [-0.1, -0.05) is 132 Å². The van der Waals surface area contributed by atoms with Crippen LogP contribution in [0.1, 0.15) is 101 Å². The zero-order valence-corrected chi connectivity index (χ0v) is 26.5. The minimum Gasteiger partial charge on any atom is -0.0715 e. The van der Waals surface area contributed by atoms with Gasteiger partial charge in [0.25, 0.3) is 0 Å². The highest BCUT2D eigenvalue weighted by Crippen LogP contribution is 2.67. The molecule has 4 aromatic rings. The van der Waals surface area contributed by atoms with Gasteiger partial charge in [-0.3, -0.25) is 0 Å². The minimum absolute atomic E-state index is 0.0152. The summed E-state index contributed by atoms with van der Waals surface area (Å²) >= 11 is 0. The van der Waals surface area contributed by atoms with Crippen molar-refractivity contribution in [1.82, 2.24) is 0 Å². The Labute approximate surface area is 251 Å². The van der Waals surface area contributed by atoms with Gasteiger partial charge in [0.1, 0.15) is 0 Å². The van der Waals surface area contributed by atoms with Crippen LogP contribution in [0.4, 0.5) is 0 Å². The Morgan fingerprint density at radius 3 is 2.21 bits per heavy atom. The van der Waals surface area contributed by atoms with Gasteiger partial charge in [-0.05, 0) is 105 Å². The van der Waals surface area contributed by atoms with E-state index in [1.807, 2.05) is 0 Å². The van der Waals surface area contributed by atoms with Crippen LogP contribution >= 0.6 is 0 Å². The molecule has 0 saturated heterocycles. The molecule has 1 spiro atoms. The summed E-state index contributed by atoms with van der Waals surface area (Å²) in [6.07, 6.45) is 7.15. The molecule has 1 atom stereocenters. The van der Waals surface area contributed by atoms with Crippen LogP contribution in [0.25, 0.3) is 33.0 Å². The van der Waals surface area contributed by atoms with Crippen LogP contribution < -0.4 is 0 Å². The molecule has 0 saturated carbocycles. The Bertz CT molecular complexity index is 1970. The molecule has 4 aromatic carbocycles. The summed E-state index contributed by atoms with van der Waals surface area (Å²) in [6, 6.07) is 26.3. The van der Waals surface area contributed by atoms with E-state index >= 15 is 0 Å². The first kappa shape index (κ1) is 26.0. The predicted octanol–water partition coefficient (Wildman–Crippen LogP) is 11.1. The Hall–Kier alpha value is -3.64. The van der Waals surface area contributed by atoms with Gasteiger partial charge in [0.15, 0.2) is 0 Å². The first-order valence-electron chi connectivity index (χ1n) is 15.9. The lowest BCUT2D eigenvalue weighted by Crippen LogP contribution is -2.26. The molecule has 0 nitrogen and oxygen atoms in total. The average Bonchev–Trinajstić information content (AvgIpc) is 3.43. The minimum atomic E-state index is -0.141. The fraction of sp³-hybridized carbons (Fsp3) is 0.333. The molecule has 0 bridgehead atoms. The number of hydrogen-bond acceptors (Lipinski definition) is 0. The number of rotatable bonds is 2. The highest BCUT2D eigenvalue weighted by Gasteiger charge is 2.54. The van der Waals surface area contributed by atoms with Gasteiger partial charge < -0.3 is 0 Å². The predicted molar refractivity (Wildman–Crippen MR) is 180 cm³/mol. The van der Waals surface area contributed by atoms with Gasteiger partial charge in [-0.25, -0.2) is 0 Å². The zero-order chi connectivity index (χ0) is 29.3. The molecule has 0 aliphatic heterocycles. The maximum absolute atomic E-state index is 2.60. The van der Waals surface area contributed by atoms with Crippen LogP contribution in [0.15, 0.2) is 90.0 Å². The Morgan fingerprint density at radius 1 is 0.714 bits per heavy atom. The van der Waals surface area contributed by atoms with Crippen molar-refractivity contribution in [3.8, 4) is 11.1 Å². The summed E-state index contributed by atoms with van der Waals surface area (Å²) in [5.74, 6) is 0.651. The smallest absolute Gasteiger partial charge is 0.0443 e. The largest absolute Gasteiger partial charge is 0.0715 e. The third kappa shape index (κ3) is 3.14. The van der Waals surface area contributed by atoms with Crippen molar-refractivity contribution in [2.24, 2.45) is 5.92 Å². The Balaban J connectivity index is 1.45. The molecule has 1 unspecified atom stereocenters. The second-order valence-corrected chi connectivity index (χ2v) is 15.1. The van der Waals surface area contributed by atoms with E-state index < -0.39 is 0 Å². The van der Waals surface area contributed by atoms with Gasteiger partial charge in [-0.15, -0.1) is 0 Å². The number of hydrogen-bond donors (Lipinski definition) is 0. The van der Waals surface area contributed by atoms with Crippen molar-refractivity contribution < 1.29 is 0 Å². The van der Waals surface area contributed by atoms with Crippen molar-refractivity contribution in [3.05, 3.63) is 129 Å². The van der Waals surface area contributed by atoms with Crippen molar-refractivity contribution in [3.63, 3.8) is 0 Å². The van der Waals surface area contributed by atoms with Gasteiger partial charge in [0.2, 0.25) is 0 Å². The standard InChI is InChI=1S/C42H42/c1-24(2)19-27-13-15-29-28(21-27)14-16-31-35-34(42(36(29)31)22-25(3)20-26(4)23-42)18-17-32-37(35)41(7,8)38-30-11-9-10-12-33(30)40(5,6)39(32)38/h9-18,20-22,24H,19,23H2,1-8H3. The summed E-state index contributed by atoms with van der Waals surface area (Å²) < 4.78 is 0. The highest BCUT2D eigenvalue weighted by atomic mass is 14.6. The van der Waals surface area contributed by atoms with E-state index in [1.165, 1.54) is 66.4 Å². The fourth-order valence-corrected chi connectivity index (χ4v) is 9.68. The van der Waals surface area contributed by atoms with Crippen molar-refractivity contribution in [2.75, 3.05) is 0 Å². The molecule has 4 aliphatic carbocycles. The van der Waals surface area contributed by atoms with E-state index in [0.29, 0.717) is 5.92 Å². The zero-order valence-electron chi connectivity index (χ0n) is 26.5. The lowest BCUT2D eigenvalue weighted by atomic mass is 9.68. The summed E-state index contributed by atoms with van der Waals surface area (Å²) in [5, 5.41) is 2.80. The molecule has 0 heteroatoms. The maximum Gasteiger partial charge on any atom is 0.0443 e. The monoisotopic (exact) mass is 546 g/mol. The van der Waals surface area contributed by atoms with Gasteiger partial charge in [0.05, 0.1) is 0 Å². The molecule has 0 fully saturated rings. The first-order chi connectivity index (χ1) is 19.9. The topological polar surface area (TPSA) is 0 Å². The molecule has 210 valence electrons. The molecule has 0 N–H and O–H groups in total. The van der Waals surface area contributed by atoms with E-state index in [-0.39, 0.29) is 16.2 Å². The number of fused-ring (bicyclic) bond motifs is 12. The third-order valence-electron chi connectivity index (χ3n) is 10.9. The van der Waals surface area contributed by atoms with Crippen LogP contribution in [0, 0.1) is 5.92 Å². The van der Waals surface area contributed by atoms with E-state index in [2.05, 4.69) is 134 Å². The van der Waals surface area contributed by atoms with E-state index in [9.17, 15) is 0 Å². The van der Waals surface area contributed by atoms with Crippen LogP contribution in [-0.4, -0.2) is 0 Å². The van der Waals surface area contributed by atoms with Crippen molar-refractivity contribution in [2.45, 2.75) is 84.5 Å². The average molecular weight is 547 g/mol. The van der Waals surface area contributed by atoms with Crippen LogP contribution in [0.3, 0.4) is 0 Å². The van der Waals surface area contributed by atoms with E-state index in [4.69, 9.17) is 0 Å². The van der Waals surface area contributed by atoms with E-state index in [1.54, 1.807) is 16.7 Å². The molecule has 0 amide bonds. The second-order valence-electron chi connectivity index (χ2n) is 15.1. The Morgan fingerprint density at radius 2 is 1.45 bits per heavy atom. The van der Waals surface area contributed by atoms with E-state index in [0.717, 1.165) is 12.8 Å². The second kappa shape index (κ2) is 8.25. The summed E-state index contributed by atoms with van der Waals surface area (Å²) in [5.41, 5.74) is 19.0. The van der Waals surface area contributed by atoms with Gasteiger partial charge >= 0.3 is 0 Å². The van der Waals surface area contributed by atoms with Crippen LogP contribution in [0.5, 0.6) is 0 Å². The highest BCUT2D eigenvalue weighted by molar-refractivity contribution is 6.12. The molecule has 42 heavy (non-hydrogen) atoms.